The Labute approximate surface area is 90.3 Å². The van der Waals surface area contributed by atoms with Crippen molar-refractivity contribution in [3.63, 3.8) is 0 Å². The monoisotopic (exact) mass is 227 g/mol. The molecule has 1 rings (SSSR count). The summed E-state index contributed by atoms with van der Waals surface area (Å²) in [6.07, 6.45) is 1.48. The van der Waals surface area contributed by atoms with Gasteiger partial charge in [0.1, 0.15) is 0 Å². The molecule has 1 aliphatic heterocycles. The van der Waals surface area contributed by atoms with Crippen molar-refractivity contribution in [2.45, 2.75) is 12.8 Å². The van der Waals surface area contributed by atoms with Crippen molar-refractivity contribution in [3.05, 3.63) is 12.2 Å². The number of ether oxygens (including phenoxy) is 1. The first kappa shape index (κ1) is 11.9. The number of nitrogens with zero attached hydrogens (tertiary/aromatic N) is 1. The van der Waals surface area contributed by atoms with Crippen LogP contribution < -0.4 is 0 Å². The molecule has 0 saturated carbocycles. The maximum absolute atomic E-state index is 11.0. The van der Waals surface area contributed by atoms with E-state index in [0.29, 0.717) is 0 Å². The summed E-state index contributed by atoms with van der Waals surface area (Å²) in [7, 11) is 0. The van der Waals surface area contributed by atoms with Gasteiger partial charge in [0.25, 0.3) is 11.8 Å². The third-order valence-corrected chi connectivity index (χ3v) is 1.80. The van der Waals surface area contributed by atoms with Gasteiger partial charge in [-0.3, -0.25) is 19.2 Å². The Balaban J connectivity index is 2.29. The normalized spacial score (nSPS) is 14.4. The number of imide groups is 1. The highest BCUT2D eigenvalue weighted by Gasteiger charge is 2.24. The van der Waals surface area contributed by atoms with Gasteiger partial charge in [-0.05, 0) is 0 Å². The van der Waals surface area contributed by atoms with Crippen molar-refractivity contribution in [2.75, 3.05) is 6.73 Å². The fourth-order valence-electron chi connectivity index (χ4n) is 0.976. The molecule has 0 atom stereocenters. The molecule has 0 aromatic rings. The van der Waals surface area contributed by atoms with Gasteiger partial charge in [0.2, 0.25) is 0 Å². The zero-order chi connectivity index (χ0) is 12.1. The van der Waals surface area contributed by atoms with E-state index < -0.39 is 30.5 Å². The Hall–Kier alpha value is -2.18. The molecule has 0 unspecified atom stereocenters. The van der Waals surface area contributed by atoms with Crippen LogP contribution in [0.3, 0.4) is 0 Å². The molecular formula is C9H9NO6. The van der Waals surface area contributed by atoms with Crippen LogP contribution in [0.2, 0.25) is 0 Å². The second-order valence-corrected chi connectivity index (χ2v) is 2.98. The zero-order valence-corrected chi connectivity index (χ0v) is 8.21. The SMILES string of the molecule is O=C(O)CCC(=O)OCN1C(=O)C=CC1=O. The zero-order valence-electron chi connectivity index (χ0n) is 8.21. The van der Waals surface area contributed by atoms with Crippen LogP contribution >= 0.6 is 0 Å². The molecular weight excluding hydrogens is 218 g/mol. The molecule has 0 bridgehead atoms. The number of carbonyl (C=O) groups is 4. The standard InChI is InChI=1S/C9H9NO6/c11-6-1-2-7(12)10(6)5-16-9(15)4-3-8(13)14/h1-2H,3-5H2,(H,13,14). The van der Waals surface area contributed by atoms with Gasteiger partial charge in [-0.25, -0.2) is 4.90 Å². The molecule has 86 valence electrons. The highest BCUT2D eigenvalue weighted by molar-refractivity contribution is 6.12. The van der Waals surface area contributed by atoms with Crippen LogP contribution in [-0.4, -0.2) is 40.5 Å². The molecule has 0 fully saturated rings. The van der Waals surface area contributed by atoms with E-state index in [0.717, 1.165) is 17.1 Å². The van der Waals surface area contributed by atoms with Gasteiger partial charge < -0.3 is 9.84 Å². The summed E-state index contributed by atoms with van der Waals surface area (Å²) in [6.45, 7) is -0.483. The minimum absolute atomic E-state index is 0.293. The average molecular weight is 227 g/mol. The maximum atomic E-state index is 11.0. The van der Waals surface area contributed by atoms with Crippen LogP contribution in [0.4, 0.5) is 0 Å². The molecule has 0 radical (unpaired) electrons. The largest absolute Gasteiger partial charge is 0.481 e. The van der Waals surface area contributed by atoms with Crippen molar-refractivity contribution in [1.29, 1.82) is 0 Å². The van der Waals surface area contributed by atoms with Crippen molar-refractivity contribution in [2.24, 2.45) is 0 Å². The predicted molar refractivity (Wildman–Crippen MR) is 48.8 cm³/mol. The molecule has 7 nitrogen and oxygen atoms in total. The van der Waals surface area contributed by atoms with Gasteiger partial charge in [-0.1, -0.05) is 0 Å². The van der Waals surface area contributed by atoms with Crippen LogP contribution in [-0.2, 0) is 23.9 Å². The summed E-state index contributed by atoms with van der Waals surface area (Å²) in [5.41, 5.74) is 0. The van der Waals surface area contributed by atoms with Gasteiger partial charge in [0, 0.05) is 12.2 Å². The van der Waals surface area contributed by atoms with Crippen molar-refractivity contribution in [3.8, 4) is 0 Å². The van der Waals surface area contributed by atoms with Gasteiger partial charge >= 0.3 is 11.9 Å². The van der Waals surface area contributed by atoms with E-state index in [1.165, 1.54) is 0 Å². The summed E-state index contributed by atoms with van der Waals surface area (Å²) in [5.74, 6) is -3.01. The Morgan fingerprint density at radius 2 is 1.75 bits per heavy atom. The van der Waals surface area contributed by atoms with E-state index in [-0.39, 0.29) is 12.8 Å². The lowest BCUT2D eigenvalue weighted by molar-refractivity contribution is -0.156. The lowest BCUT2D eigenvalue weighted by atomic mass is 10.3. The van der Waals surface area contributed by atoms with Crippen LogP contribution in [0.1, 0.15) is 12.8 Å². The van der Waals surface area contributed by atoms with Gasteiger partial charge in [-0.2, -0.15) is 0 Å². The van der Waals surface area contributed by atoms with E-state index in [1.807, 2.05) is 0 Å². The number of esters is 1. The Kier molecular flexibility index (Phi) is 3.76. The molecule has 0 aromatic heterocycles. The number of carboxylic acid groups (broad SMARTS) is 1. The number of hydrogen-bond acceptors (Lipinski definition) is 5. The number of carboxylic acids is 1. The summed E-state index contributed by atoms with van der Waals surface area (Å²) in [5, 5.41) is 8.29. The summed E-state index contributed by atoms with van der Waals surface area (Å²) < 4.78 is 4.56. The van der Waals surface area contributed by atoms with Gasteiger partial charge in [0.05, 0.1) is 12.8 Å². The maximum Gasteiger partial charge on any atom is 0.308 e. The van der Waals surface area contributed by atoms with Crippen LogP contribution in [0, 0.1) is 0 Å². The molecule has 0 aliphatic carbocycles. The number of rotatable bonds is 5. The van der Waals surface area contributed by atoms with Crippen molar-refractivity contribution < 1.29 is 29.0 Å². The quantitative estimate of drug-likeness (QED) is 0.491. The molecule has 1 heterocycles. The van der Waals surface area contributed by atoms with Crippen molar-refractivity contribution >= 4 is 23.8 Å². The fraction of sp³-hybridized carbons (Fsp3) is 0.333. The van der Waals surface area contributed by atoms with Crippen LogP contribution in [0.5, 0.6) is 0 Å². The highest BCUT2D eigenvalue weighted by Crippen LogP contribution is 2.04. The van der Waals surface area contributed by atoms with E-state index in [1.54, 1.807) is 0 Å². The second kappa shape index (κ2) is 5.06. The molecule has 7 heteroatoms. The smallest absolute Gasteiger partial charge is 0.308 e. The first-order valence-electron chi connectivity index (χ1n) is 4.41. The number of amides is 2. The predicted octanol–water partition coefficient (Wildman–Crippen LogP) is -0.723. The first-order valence-corrected chi connectivity index (χ1v) is 4.41. The van der Waals surface area contributed by atoms with E-state index in [4.69, 9.17) is 5.11 Å². The van der Waals surface area contributed by atoms with E-state index in [9.17, 15) is 19.2 Å². The minimum atomic E-state index is -1.12. The number of aliphatic carboxylic acids is 1. The third-order valence-electron chi connectivity index (χ3n) is 1.80. The molecule has 2 amide bonds. The third kappa shape index (κ3) is 3.19. The number of hydrogen-bond donors (Lipinski definition) is 1. The number of carbonyl (C=O) groups excluding carboxylic acids is 3. The average Bonchev–Trinajstić information content (AvgIpc) is 2.53. The van der Waals surface area contributed by atoms with Gasteiger partial charge in [-0.15, -0.1) is 0 Å². The Morgan fingerprint density at radius 1 is 1.19 bits per heavy atom. The summed E-state index contributed by atoms with van der Waals surface area (Å²) >= 11 is 0. The minimum Gasteiger partial charge on any atom is -0.481 e. The van der Waals surface area contributed by atoms with E-state index >= 15 is 0 Å². The van der Waals surface area contributed by atoms with Crippen molar-refractivity contribution in [1.82, 2.24) is 4.90 Å². The lowest BCUT2D eigenvalue weighted by Gasteiger charge is -2.13. The van der Waals surface area contributed by atoms with Crippen LogP contribution in [0.15, 0.2) is 12.2 Å². The molecule has 16 heavy (non-hydrogen) atoms. The second-order valence-electron chi connectivity index (χ2n) is 2.98. The first-order chi connectivity index (χ1) is 7.50. The molecule has 1 aliphatic rings. The van der Waals surface area contributed by atoms with Crippen LogP contribution in [0.25, 0.3) is 0 Å². The Bertz CT molecular complexity index is 354. The Morgan fingerprint density at radius 3 is 2.25 bits per heavy atom. The van der Waals surface area contributed by atoms with Gasteiger partial charge in [0.15, 0.2) is 6.73 Å². The molecule has 0 spiro atoms. The summed E-state index contributed by atoms with van der Waals surface area (Å²) in [6, 6.07) is 0. The highest BCUT2D eigenvalue weighted by atomic mass is 16.5. The molecule has 1 N–H and O–H groups in total. The fourth-order valence-corrected chi connectivity index (χ4v) is 0.976. The summed E-state index contributed by atoms with van der Waals surface area (Å²) in [4.78, 5) is 43.8. The topological polar surface area (TPSA) is 101 Å². The molecule has 0 saturated heterocycles. The lowest BCUT2D eigenvalue weighted by Crippen LogP contribution is -2.33. The van der Waals surface area contributed by atoms with E-state index in [2.05, 4.69) is 4.74 Å². The molecule has 0 aromatic carbocycles.